The largest absolute Gasteiger partial charge is 0.497 e. The van der Waals surface area contributed by atoms with Gasteiger partial charge in [0.15, 0.2) is 0 Å². The molecule has 0 unspecified atom stereocenters. The van der Waals surface area contributed by atoms with Crippen molar-refractivity contribution in [1.82, 2.24) is 19.2 Å². The Morgan fingerprint density at radius 2 is 1.69 bits per heavy atom. The minimum absolute atomic E-state index is 0.265. The lowest BCUT2D eigenvalue weighted by molar-refractivity contribution is 0.384. The molecule has 1 aliphatic heterocycles. The predicted octanol–water partition coefficient (Wildman–Crippen LogP) is 4.71. The van der Waals surface area contributed by atoms with Gasteiger partial charge in [-0.15, -0.1) is 0 Å². The lowest BCUT2D eigenvalue weighted by Crippen LogP contribution is -2.51. The van der Waals surface area contributed by atoms with Crippen LogP contribution in [-0.4, -0.2) is 70.7 Å². The van der Waals surface area contributed by atoms with Crippen LogP contribution in [0.2, 0.25) is 0 Å². The number of aliphatic imine (C=N–C) groups is 1. The summed E-state index contributed by atoms with van der Waals surface area (Å²) in [6, 6.07) is 15.7. The zero-order chi connectivity index (χ0) is 27.4. The number of aryl methyl sites for hydroxylation is 2. The summed E-state index contributed by atoms with van der Waals surface area (Å²) in [5.74, 6) is 3.38. The van der Waals surface area contributed by atoms with E-state index in [9.17, 15) is 0 Å². The first-order valence-corrected chi connectivity index (χ1v) is 13.7. The van der Waals surface area contributed by atoms with Gasteiger partial charge in [0.1, 0.15) is 17.3 Å². The first-order valence-electron chi connectivity index (χ1n) is 12.5. The normalized spacial score (nSPS) is 13.9. The van der Waals surface area contributed by atoms with Gasteiger partial charge in [0, 0.05) is 49.0 Å². The van der Waals surface area contributed by atoms with Crippen LogP contribution in [0.5, 0.6) is 11.5 Å². The fraction of sp³-hybridized carbons (Fsp3) is 0.296. The predicted molar refractivity (Wildman–Crippen MR) is 162 cm³/mol. The van der Waals surface area contributed by atoms with Gasteiger partial charge in [-0.1, -0.05) is 12.1 Å². The van der Waals surface area contributed by atoms with Crippen molar-refractivity contribution in [2.75, 3.05) is 55.9 Å². The molecule has 2 N–H and O–H groups in total. The number of nitrogens with zero attached hydrogens (tertiary/aromatic N) is 6. The Morgan fingerprint density at radius 3 is 2.41 bits per heavy atom. The molecule has 0 radical (unpaired) electrons. The average molecular weight is 563 g/mol. The number of hydrogen-bond donors (Lipinski definition) is 2. The third kappa shape index (κ3) is 6.18. The van der Waals surface area contributed by atoms with Crippen LogP contribution in [-0.2, 0) is 0 Å². The minimum atomic E-state index is 0.265. The molecular formula is C27H30N8O2S2. The van der Waals surface area contributed by atoms with Crippen LogP contribution >= 0.6 is 23.8 Å². The summed E-state index contributed by atoms with van der Waals surface area (Å²) in [5.41, 5.74) is 2.39. The molecular weight excluding hydrogens is 532 g/mol. The van der Waals surface area contributed by atoms with Crippen molar-refractivity contribution >= 4 is 62.4 Å². The van der Waals surface area contributed by atoms with Gasteiger partial charge >= 0.3 is 0 Å². The Labute approximate surface area is 236 Å². The summed E-state index contributed by atoms with van der Waals surface area (Å²) in [7, 11) is 3.22. The fourth-order valence-corrected chi connectivity index (χ4v) is 5.43. The summed E-state index contributed by atoms with van der Waals surface area (Å²) in [6.45, 7) is 6.88. The Hall–Kier alpha value is -4.03. The Bertz CT molecular complexity index is 1490. The molecule has 10 nitrogen and oxygen atoms in total. The molecule has 0 saturated carbocycles. The maximum absolute atomic E-state index is 5.66. The smallest absolute Gasteiger partial charge is 0.229 e. The van der Waals surface area contributed by atoms with Crippen LogP contribution in [0.15, 0.2) is 53.5 Å². The van der Waals surface area contributed by atoms with Crippen LogP contribution in [0.25, 0.3) is 10.1 Å². The number of hydrogen-bond acceptors (Lipinski definition) is 8. The summed E-state index contributed by atoms with van der Waals surface area (Å²) < 4.78 is 16.8. The summed E-state index contributed by atoms with van der Waals surface area (Å²) in [4.78, 5) is 18.3. The van der Waals surface area contributed by atoms with Crippen LogP contribution in [0.4, 0.5) is 17.5 Å². The van der Waals surface area contributed by atoms with E-state index in [1.54, 1.807) is 14.2 Å². The monoisotopic (exact) mass is 562 g/mol. The molecule has 202 valence electrons. The van der Waals surface area contributed by atoms with E-state index in [1.807, 2.05) is 44.2 Å². The van der Waals surface area contributed by atoms with Gasteiger partial charge in [0.2, 0.25) is 17.0 Å². The lowest BCUT2D eigenvalue weighted by Gasteiger charge is -2.36. The van der Waals surface area contributed by atoms with E-state index in [-0.39, 0.29) is 5.11 Å². The third-order valence-electron chi connectivity index (χ3n) is 6.30. The van der Waals surface area contributed by atoms with E-state index in [1.165, 1.54) is 21.6 Å². The SMILES string of the molecule is COc1ccc(OC)c(NC(=S)/N=C(/Nc2nc(C)cc(C)n2)N2CCN(c3nsc4ccccc34)CC2)c1. The van der Waals surface area contributed by atoms with E-state index in [0.29, 0.717) is 42.2 Å². The molecule has 0 atom stereocenters. The number of anilines is 3. The van der Waals surface area contributed by atoms with E-state index >= 15 is 0 Å². The fourth-order valence-electron chi connectivity index (χ4n) is 4.44. The number of ether oxygens (including phenoxy) is 2. The average Bonchev–Trinajstić information content (AvgIpc) is 3.36. The number of nitrogens with one attached hydrogen (secondary N) is 2. The van der Waals surface area contributed by atoms with Gasteiger partial charge in [-0.3, -0.25) is 5.32 Å². The molecule has 2 aromatic heterocycles. The first kappa shape index (κ1) is 26.6. The maximum Gasteiger partial charge on any atom is 0.229 e. The highest BCUT2D eigenvalue weighted by Crippen LogP contribution is 2.30. The Morgan fingerprint density at radius 1 is 0.949 bits per heavy atom. The Kier molecular flexibility index (Phi) is 8.03. The van der Waals surface area contributed by atoms with Crippen molar-refractivity contribution in [3.63, 3.8) is 0 Å². The standard InChI is InChI=1S/C27H30N8O2S2/c1-17-15-18(2)29-25(28-17)31-26(32-27(38)30-21-16-19(36-3)9-10-22(21)37-4)35-13-11-34(12-14-35)24-20-7-5-6-8-23(20)39-33-24/h5-10,15-16H,11-14H2,1-4H3,(H2,28,29,30,31,32,38). The molecule has 0 aliphatic carbocycles. The molecule has 5 rings (SSSR count). The Balaban J connectivity index is 1.38. The van der Waals surface area contributed by atoms with Crippen molar-refractivity contribution in [3.8, 4) is 11.5 Å². The van der Waals surface area contributed by atoms with E-state index in [2.05, 4.69) is 48.6 Å². The van der Waals surface area contributed by atoms with Gasteiger partial charge in [-0.2, -0.15) is 9.37 Å². The van der Waals surface area contributed by atoms with Gasteiger partial charge in [-0.25, -0.2) is 9.97 Å². The minimum Gasteiger partial charge on any atom is -0.497 e. The number of piperazine rings is 1. The zero-order valence-corrected chi connectivity index (χ0v) is 23.9. The van der Waals surface area contributed by atoms with Gasteiger partial charge in [0.05, 0.1) is 24.6 Å². The van der Waals surface area contributed by atoms with E-state index < -0.39 is 0 Å². The molecule has 3 heterocycles. The molecule has 1 saturated heterocycles. The van der Waals surface area contributed by atoms with Crippen LogP contribution in [0.1, 0.15) is 11.4 Å². The number of guanidine groups is 1. The molecule has 4 aromatic rings. The van der Waals surface area contributed by atoms with Gasteiger partial charge in [-0.05, 0) is 67.9 Å². The number of rotatable bonds is 5. The molecule has 0 amide bonds. The highest BCUT2D eigenvalue weighted by molar-refractivity contribution is 7.80. The molecule has 39 heavy (non-hydrogen) atoms. The number of benzene rings is 2. The van der Waals surface area contributed by atoms with E-state index in [0.717, 1.165) is 30.3 Å². The molecule has 12 heteroatoms. The van der Waals surface area contributed by atoms with Crippen molar-refractivity contribution in [3.05, 3.63) is 59.9 Å². The second-order valence-electron chi connectivity index (χ2n) is 9.01. The highest BCUT2D eigenvalue weighted by atomic mass is 32.1. The van der Waals surface area contributed by atoms with Crippen LogP contribution in [0, 0.1) is 13.8 Å². The van der Waals surface area contributed by atoms with E-state index in [4.69, 9.17) is 31.1 Å². The van der Waals surface area contributed by atoms with Gasteiger partial charge < -0.3 is 24.6 Å². The summed E-state index contributed by atoms with van der Waals surface area (Å²) in [5, 5.41) is 7.94. The number of aromatic nitrogens is 3. The molecule has 1 fully saturated rings. The van der Waals surface area contributed by atoms with Crippen molar-refractivity contribution in [2.45, 2.75) is 13.8 Å². The van der Waals surface area contributed by atoms with Crippen LogP contribution in [0.3, 0.4) is 0 Å². The van der Waals surface area contributed by atoms with Gasteiger partial charge in [0.25, 0.3) is 0 Å². The first-order chi connectivity index (χ1) is 18.9. The van der Waals surface area contributed by atoms with Crippen molar-refractivity contribution in [2.24, 2.45) is 4.99 Å². The van der Waals surface area contributed by atoms with Crippen molar-refractivity contribution in [1.29, 1.82) is 0 Å². The molecule has 0 spiro atoms. The molecule has 0 bridgehead atoms. The second kappa shape index (κ2) is 11.8. The number of methoxy groups -OCH3 is 2. The molecule has 1 aliphatic rings. The lowest BCUT2D eigenvalue weighted by atomic mass is 10.2. The summed E-state index contributed by atoms with van der Waals surface area (Å²) in [6.07, 6.45) is 0. The third-order valence-corrected chi connectivity index (χ3v) is 7.31. The maximum atomic E-state index is 5.66. The van der Waals surface area contributed by atoms with Crippen molar-refractivity contribution < 1.29 is 9.47 Å². The zero-order valence-electron chi connectivity index (χ0n) is 22.3. The number of fused-ring (bicyclic) bond motifs is 1. The molecule has 2 aromatic carbocycles. The van der Waals surface area contributed by atoms with Crippen LogP contribution < -0.4 is 25.0 Å². The second-order valence-corrected chi connectivity index (χ2v) is 10.2. The quantitative estimate of drug-likeness (QED) is 0.202. The number of thiocarbonyl (C=S) groups is 1. The topological polar surface area (TPSA) is 100 Å². The highest BCUT2D eigenvalue weighted by Gasteiger charge is 2.24. The summed E-state index contributed by atoms with van der Waals surface area (Å²) >= 11 is 7.19.